The largest absolute Gasteiger partial charge is 0.481 e. The van der Waals surface area contributed by atoms with Gasteiger partial charge in [-0.3, -0.25) is 9.59 Å². The van der Waals surface area contributed by atoms with Gasteiger partial charge in [0.1, 0.15) is 0 Å². The fraction of sp³-hybridized carbons (Fsp3) is 0.833. The van der Waals surface area contributed by atoms with Crippen molar-refractivity contribution in [3.05, 3.63) is 0 Å². The summed E-state index contributed by atoms with van der Waals surface area (Å²) in [5.41, 5.74) is -0.873. The second kappa shape index (κ2) is 4.38. The fourth-order valence-electron chi connectivity index (χ4n) is 3.46. The average Bonchev–Trinajstić information content (AvgIpc) is 2.29. The highest BCUT2D eigenvalue weighted by molar-refractivity contribution is 5.82. The monoisotopic (exact) mass is 279 g/mol. The Morgan fingerprint density at radius 2 is 1.95 bits per heavy atom. The summed E-state index contributed by atoms with van der Waals surface area (Å²) in [6.07, 6.45) is -2.86. The molecule has 0 spiro atoms. The molecule has 4 atom stereocenters. The van der Waals surface area contributed by atoms with E-state index in [1.165, 1.54) is 0 Å². The average molecular weight is 279 g/mol. The number of carbonyl (C=O) groups excluding carboxylic acids is 1. The van der Waals surface area contributed by atoms with Crippen LogP contribution in [0, 0.1) is 17.3 Å². The maximum atomic E-state index is 12.2. The van der Waals surface area contributed by atoms with Crippen molar-refractivity contribution >= 4 is 11.9 Å². The van der Waals surface area contributed by atoms with Crippen LogP contribution in [0.3, 0.4) is 0 Å². The van der Waals surface area contributed by atoms with Crippen LogP contribution in [-0.2, 0) is 9.59 Å². The zero-order valence-electron chi connectivity index (χ0n) is 10.5. The van der Waals surface area contributed by atoms with E-state index in [0.29, 0.717) is 25.7 Å². The Labute approximate surface area is 108 Å². The van der Waals surface area contributed by atoms with Crippen LogP contribution in [0.4, 0.5) is 13.2 Å². The number of carbonyl (C=O) groups is 2. The zero-order chi connectivity index (χ0) is 14.4. The Kier molecular flexibility index (Phi) is 3.26. The summed E-state index contributed by atoms with van der Waals surface area (Å²) in [5.74, 6) is -3.18. The van der Waals surface area contributed by atoms with Gasteiger partial charge >= 0.3 is 18.1 Å². The minimum atomic E-state index is -4.88. The Bertz CT molecular complexity index is 410. The molecule has 2 N–H and O–H groups in total. The molecule has 0 saturated heterocycles. The maximum Gasteiger partial charge on any atom is 0.471 e. The van der Waals surface area contributed by atoms with Crippen LogP contribution in [0.1, 0.15) is 32.6 Å². The van der Waals surface area contributed by atoms with Crippen molar-refractivity contribution in [1.29, 1.82) is 0 Å². The lowest BCUT2D eigenvalue weighted by molar-refractivity contribution is -0.177. The Morgan fingerprint density at radius 3 is 2.37 bits per heavy atom. The maximum absolute atomic E-state index is 12.2. The van der Waals surface area contributed by atoms with Crippen molar-refractivity contribution in [1.82, 2.24) is 5.32 Å². The third-order valence-electron chi connectivity index (χ3n) is 4.64. The smallest absolute Gasteiger partial charge is 0.471 e. The summed E-state index contributed by atoms with van der Waals surface area (Å²) in [7, 11) is 0. The molecule has 0 radical (unpaired) electrons. The van der Waals surface area contributed by atoms with Crippen LogP contribution in [0.25, 0.3) is 0 Å². The number of nitrogens with one attached hydrogen (secondary N) is 1. The summed E-state index contributed by atoms with van der Waals surface area (Å²) in [5, 5.41) is 11.3. The van der Waals surface area contributed by atoms with E-state index in [9.17, 15) is 27.9 Å². The molecular weight excluding hydrogens is 263 g/mol. The van der Waals surface area contributed by atoms with Gasteiger partial charge in [0, 0.05) is 6.04 Å². The van der Waals surface area contributed by atoms with Gasteiger partial charge in [0.2, 0.25) is 0 Å². The van der Waals surface area contributed by atoms with Gasteiger partial charge in [-0.25, -0.2) is 0 Å². The van der Waals surface area contributed by atoms with Crippen LogP contribution < -0.4 is 5.32 Å². The lowest BCUT2D eigenvalue weighted by Gasteiger charge is -2.51. The molecule has 1 amide bonds. The Morgan fingerprint density at radius 1 is 1.32 bits per heavy atom. The second-order valence-corrected chi connectivity index (χ2v) is 5.77. The molecule has 4 nitrogen and oxygen atoms in total. The topological polar surface area (TPSA) is 66.4 Å². The van der Waals surface area contributed by atoms with Crippen molar-refractivity contribution in [2.45, 2.75) is 44.8 Å². The normalized spacial score (nSPS) is 38.0. The Balaban J connectivity index is 2.07. The number of rotatable bonds is 2. The van der Waals surface area contributed by atoms with Crippen LogP contribution in [0.5, 0.6) is 0 Å². The predicted octanol–water partition coefficient (Wildman–Crippen LogP) is 1.94. The standard InChI is InChI=1S/C12H16F3NO3/c1-11(10(18)19)5-6-2-3-7(11)4-8(6)16-9(17)12(13,14)15/h6-8H,2-5H2,1H3,(H,16,17)(H,18,19)/t6-,7-,8-,11-/m0/s1. The molecule has 0 aromatic heterocycles. The predicted molar refractivity (Wildman–Crippen MR) is 59.2 cm³/mol. The summed E-state index contributed by atoms with van der Waals surface area (Å²) in [4.78, 5) is 22.2. The Hall–Kier alpha value is -1.27. The van der Waals surface area contributed by atoms with Gasteiger partial charge in [0.25, 0.3) is 0 Å². The van der Waals surface area contributed by atoms with E-state index >= 15 is 0 Å². The molecule has 0 heterocycles. The number of hydrogen-bond donors (Lipinski definition) is 2. The van der Waals surface area contributed by atoms with E-state index in [0.717, 1.165) is 0 Å². The molecule has 0 unspecified atom stereocenters. The number of alkyl halides is 3. The number of aliphatic carboxylic acids is 1. The molecule has 3 aliphatic carbocycles. The molecule has 0 aliphatic heterocycles. The minimum absolute atomic E-state index is 0.173. The highest BCUT2D eigenvalue weighted by Crippen LogP contribution is 2.52. The highest BCUT2D eigenvalue weighted by atomic mass is 19.4. The lowest BCUT2D eigenvalue weighted by atomic mass is 9.55. The SMILES string of the molecule is C[C@]1(C(=O)O)C[C@@H]2CC[C@H]1C[C@@H]2NC(=O)C(F)(F)F. The zero-order valence-corrected chi connectivity index (χ0v) is 10.5. The van der Waals surface area contributed by atoms with Gasteiger partial charge in [-0.15, -0.1) is 0 Å². The number of carboxylic acid groups (broad SMARTS) is 1. The van der Waals surface area contributed by atoms with Crippen LogP contribution >= 0.6 is 0 Å². The first kappa shape index (κ1) is 14.1. The molecule has 108 valence electrons. The molecule has 3 aliphatic rings. The highest BCUT2D eigenvalue weighted by Gasteiger charge is 2.54. The van der Waals surface area contributed by atoms with Crippen LogP contribution in [0.15, 0.2) is 0 Å². The van der Waals surface area contributed by atoms with E-state index in [-0.39, 0.29) is 11.8 Å². The van der Waals surface area contributed by atoms with Crippen molar-refractivity contribution in [2.24, 2.45) is 17.3 Å². The number of hydrogen-bond acceptors (Lipinski definition) is 2. The van der Waals surface area contributed by atoms with Gasteiger partial charge in [0.05, 0.1) is 5.41 Å². The van der Waals surface area contributed by atoms with Gasteiger partial charge in [-0.1, -0.05) is 0 Å². The number of carboxylic acids is 1. The molecule has 2 bridgehead atoms. The summed E-state index contributed by atoms with van der Waals surface area (Å²) in [6.45, 7) is 1.65. The first-order valence-corrected chi connectivity index (χ1v) is 6.25. The van der Waals surface area contributed by atoms with E-state index in [2.05, 4.69) is 0 Å². The molecule has 3 fully saturated rings. The number of amides is 1. The van der Waals surface area contributed by atoms with Crippen LogP contribution in [0.2, 0.25) is 0 Å². The minimum Gasteiger partial charge on any atom is -0.481 e. The summed E-state index contributed by atoms with van der Waals surface area (Å²) in [6, 6.07) is -0.555. The molecule has 0 aromatic carbocycles. The van der Waals surface area contributed by atoms with Crippen molar-refractivity contribution in [3.63, 3.8) is 0 Å². The summed E-state index contributed by atoms with van der Waals surface area (Å²) >= 11 is 0. The first-order chi connectivity index (χ1) is 8.64. The second-order valence-electron chi connectivity index (χ2n) is 5.77. The van der Waals surface area contributed by atoms with E-state index in [4.69, 9.17) is 0 Å². The van der Waals surface area contributed by atoms with E-state index < -0.39 is 29.5 Å². The molecule has 7 heteroatoms. The van der Waals surface area contributed by atoms with Gasteiger partial charge in [0.15, 0.2) is 0 Å². The number of halogens is 3. The first-order valence-electron chi connectivity index (χ1n) is 6.25. The molecule has 3 rings (SSSR count). The lowest BCUT2D eigenvalue weighted by Crippen LogP contribution is -2.57. The molecule has 0 aromatic rings. The van der Waals surface area contributed by atoms with Crippen molar-refractivity contribution < 1.29 is 27.9 Å². The van der Waals surface area contributed by atoms with Gasteiger partial charge in [-0.2, -0.15) is 13.2 Å². The molecule has 19 heavy (non-hydrogen) atoms. The van der Waals surface area contributed by atoms with E-state index in [1.54, 1.807) is 6.92 Å². The molecule has 3 saturated carbocycles. The van der Waals surface area contributed by atoms with Crippen molar-refractivity contribution in [3.8, 4) is 0 Å². The van der Waals surface area contributed by atoms with Crippen LogP contribution in [-0.4, -0.2) is 29.2 Å². The number of fused-ring (bicyclic) bond motifs is 3. The third kappa shape index (κ3) is 2.42. The fourth-order valence-corrected chi connectivity index (χ4v) is 3.46. The summed E-state index contributed by atoms with van der Waals surface area (Å²) < 4.78 is 36.7. The molecular formula is C12H16F3NO3. The third-order valence-corrected chi connectivity index (χ3v) is 4.64. The van der Waals surface area contributed by atoms with Gasteiger partial charge in [-0.05, 0) is 44.4 Å². The van der Waals surface area contributed by atoms with E-state index in [1.807, 2.05) is 5.32 Å². The van der Waals surface area contributed by atoms with Gasteiger partial charge < -0.3 is 10.4 Å². The quantitative estimate of drug-likeness (QED) is 0.812. The van der Waals surface area contributed by atoms with Crippen molar-refractivity contribution in [2.75, 3.05) is 0 Å².